The van der Waals surface area contributed by atoms with Crippen molar-refractivity contribution >= 4 is 0 Å². The quantitative estimate of drug-likeness (QED) is 0.835. The minimum atomic E-state index is 0.375. The number of benzene rings is 1. The maximum absolute atomic E-state index is 5.98. The summed E-state index contributed by atoms with van der Waals surface area (Å²) in [5.74, 6) is 0. The van der Waals surface area contributed by atoms with Gasteiger partial charge >= 0.3 is 0 Å². The number of hydrogen-bond donors (Lipinski definition) is 1. The number of hydrogen-bond acceptors (Lipinski definition) is 2. The SMILES string of the molecule is CN(C)CCc1ccc2c(c1)CCC(N)C2. The van der Waals surface area contributed by atoms with Crippen LogP contribution in [0.4, 0.5) is 0 Å². The molecule has 2 rings (SSSR count). The number of fused-ring (bicyclic) bond motifs is 1. The second kappa shape index (κ2) is 4.98. The topological polar surface area (TPSA) is 29.3 Å². The summed E-state index contributed by atoms with van der Waals surface area (Å²) in [6, 6.07) is 7.30. The predicted octanol–water partition coefficient (Wildman–Crippen LogP) is 1.61. The normalized spacial score (nSPS) is 19.9. The third kappa shape index (κ3) is 2.83. The molecule has 16 heavy (non-hydrogen) atoms. The van der Waals surface area contributed by atoms with Crippen molar-refractivity contribution in [1.82, 2.24) is 4.90 Å². The first-order valence-electron chi connectivity index (χ1n) is 6.16. The Hall–Kier alpha value is -0.860. The lowest BCUT2D eigenvalue weighted by molar-refractivity contribution is 0.413. The molecule has 0 aliphatic heterocycles. The molecule has 1 aliphatic carbocycles. The second-order valence-corrected chi connectivity index (χ2v) is 5.16. The van der Waals surface area contributed by atoms with Crippen molar-refractivity contribution in [3.8, 4) is 0 Å². The third-order valence-corrected chi connectivity index (χ3v) is 3.38. The molecule has 0 bridgehead atoms. The van der Waals surface area contributed by atoms with Crippen LogP contribution >= 0.6 is 0 Å². The van der Waals surface area contributed by atoms with Gasteiger partial charge in [0.1, 0.15) is 0 Å². The van der Waals surface area contributed by atoms with E-state index in [4.69, 9.17) is 5.73 Å². The molecule has 0 spiro atoms. The van der Waals surface area contributed by atoms with Gasteiger partial charge in [-0.05, 0) is 56.5 Å². The first-order valence-corrected chi connectivity index (χ1v) is 6.16. The lowest BCUT2D eigenvalue weighted by Gasteiger charge is -2.22. The molecule has 1 atom stereocenters. The van der Waals surface area contributed by atoms with Gasteiger partial charge in [0.2, 0.25) is 0 Å². The number of nitrogens with two attached hydrogens (primary N) is 1. The van der Waals surface area contributed by atoms with Crippen LogP contribution in [0.5, 0.6) is 0 Å². The predicted molar refractivity (Wildman–Crippen MR) is 68.7 cm³/mol. The van der Waals surface area contributed by atoms with Gasteiger partial charge < -0.3 is 10.6 Å². The molecule has 2 heteroatoms. The van der Waals surface area contributed by atoms with E-state index < -0.39 is 0 Å². The van der Waals surface area contributed by atoms with Crippen molar-refractivity contribution < 1.29 is 0 Å². The van der Waals surface area contributed by atoms with Gasteiger partial charge in [0.05, 0.1) is 0 Å². The van der Waals surface area contributed by atoms with E-state index >= 15 is 0 Å². The van der Waals surface area contributed by atoms with Gasteiger partial charge in [-0.2, -0.15) is 0 Å². The smallest absolute Gasteiger partial charge is 0.00825 e. The molecule has 0 radical (unpaired) electrons. The zero-order valence-corrected chi connectivity index (χ0v) is 10.4. The van der Waals surface area contributed by atoms with E-state index in [1.807, 2.05) is 0 Å². The van der Waals surface area contributed by atoms with E-state index in [-0.39, 0.29) is 0 Å². The number of nitrogens with zero attached hydrogens (tertiary/aromatic N) is 1. The molecule has 88 valence electrons. The van der Waals surface area contributed by atoms with Crippen LogP contribution in [0.25, 0.3) is 0 Å². The highest BCUT2D eigenvalue weighted by molar-refractivity contribution is 5.34. The van der Waals surface area contributed by atoms with Gasteiger partial charge in [-0.25, -0.2) is 0 Å². The van der Waals surface area contributed by atoms with Gasteiger partial charge in [-0.15, -0.1) is 0 Å². The second-order valence-electron chi connectivity index (χ2n) is 5.16. The van der Waals surface area contributed by atoms with Crippen molar-refractivity contribution in [2.45, 2.75) is 31.7 Å². The van der Waals surface area contributed by atoms with Crippen LogP contribution in [-0.4, -0.2) is 31.6 Å². The van der Waals surface area contributed by atoms with E-state index in [0.29, 0.717) is 6.04 Å². The largest absolute Gasteiger partial charge is 0.327 e. The lowest BCUT2D eigenvalue weighted by Crippen LogP contribution is -2.27. The summed E-state index contributed by atoms with van der Waals surface area (Å²) >= 11 is 0. The molecular weight excluding hydrogens is 196 g/mol. The van der Waals surface area contributed by atoms with Crippen LogP contribution in [-0.2, 0) is 19.3 Å². The maximum atomic E-state index is 5.98. The molecule has 1 aromatic rings. The molecule has 0 aromatic heterocycles. The molecule has 1 aliphatic rings. The minimum absolute atomic E-state index is 0.375. The number of rotatable bonds is 3. The molecule has 1 aromatic carbocycles. The highest BCUT2D eigenvalue weighted by Crippen LogP contribution is 2.22. The van der Waals surface area contributed by atoms with Gasteiger partial charge in [-0.3, -0.25) is 0 Å². The average molecular weight is 218 g/mol. The molecular formula is C14H22N2. The van der Waals surface area contributed by atoms with Crippen molar-refractivity contribution in [1.29, 1.82) is 0 Å². The van der Waals surface area contributed by atoms with Crippen LogP contribution in [0.2, 0.25) is 0 Å². The minimum Gasteiger partial charge on any atom is -0.327 e. The molecule has 2 nitrogen and oxygen atoms in total. The maximum Gasteiger partial charge on any atom is 0.00825 e. The zero-order valence-electron chi connectivity index (χ0n) is 10.4. The summed E-state index contributed by atoms with van der Waals surface area (Å²) in [5.41, 5.74) is 10.4. The summed E-state index contributed by atoms with van der Waals surface area (Å²) in [5, 5.41) is 0. The fourth-order valence-electron chi connectivity index (χ4n) is 2.34. The third-order valence-electron chi connectivity index (χ3n) is 3.38. The van der Waals surface area contributed by atoms with Crippen molar-refractivity contribution in [3.05, 3.63) is 34.9 Å². The van der Waals surface area contributed by atoms with E-state index in [2.05, 4.69) is 37.2 Å². The Bertz CT molecular complexity index is 358. The van der Waals surface area contributed by atoms with E-state index in [1.54, 1.807) is 0 Å². The Morgan fingerprint density at radius 3 is 2.88 bits per heavy atom. The lowest BCUT2D eigenvalue weighted by atomic mass is 9.87. The highest BCUT2D eigenvalue weighted by atomic mass is 15.0. The summed E-state index contributed by atoms with van der Waals surface area (Å²) < 4.78 is 0. The van der Waals surface area contributed by atoms with Crippen LogP contribution in [0, 0.1) is 0 Å². The monoisotopic (exact) mass is 218 g/mol. The number of likely N-dealkylation sites (N-methyl/N-ethyl adjacent to an activating group) is 1. The Morgan fingerprint density at radius 1 is 1.31 bits per heavy atom. The first-order chi connectivity index (χ1) is 7.65. The molecule has 0 saturated carbocycles. The fraction of sp³-hybridized carbons (Fsp3) is 0.571. The summed E-state index contributed by atoms with van der Waals surface area (Å²) in [7, 11) is 4.24. The molecule has 0 heterocycles. The summed E-state index contributed by atoms with van der Waals surface area (Å²) in [4.78, 5) is 2.23. The van der Waals surface area contributed by atoms with Gasteiger partial charge in [0.15, 0.2) is 0 Å². The van der Waals surface area contributed by atoms with E-state index in [1.165, 1.54) is 16.7 Å². The van der Waals surface area contributed by atoms with E-state index in [0.717, 1.165) is 32.2 Å². The Kier molecular flexibility index (Phi) is 3.62. The molecule has 1 unspecified atom stereocenters. The Morgan fingerprint density at radius 2 is 2.12 bits per heavy atom. The van der Waals surface area contributed by atoms with Crippen LogP contribution in [0.1, 0.15) is 23.1 Å². The molecule has 0 fully saturated rings. The zero-order chi connectivity index (χ0) is 11.5. The molecule has 0 amide bonds. The van der Waals surface area contributed by atoms with Crippen molar-refractivity contribution in [2.24, 2.45) is 5.73 Å². The van der Waals surface area contributed by atoms with Gasteiger partial charge in [0.25, 0.3) is 0 Å². The standard InChI is InChI=1S/C14H22N2/c1-16(2)8-7-11-3-4-13-10-14(15)6-5-12(13)9-11/h3-4,9,14H,5-8,10,15H2,1-2H3. The average Bonchev–Trinajstić information content (AvgIpc) is 2.26. The van der Waals surface area contributed by atoms with Gasteiger partial charge in [-0.1, -0.05) is 18.2 Å². The molecule has 0 saturated heterocycles. The highest BCUT2D eigenvalue weighted by Gasteiger charge is 2.15. The van der Waals surface area contributed by atoms with Crippen molar-refractivity contribution in [2.75, 3.05) is 20.6 Å². The van der Waals surface area contributed by atoms with Crippen LogP contribution < -0.4 is 5.73 Å². The fourth-order valence-corrected chi connectivity index (χ4v) is 2.34. The number of aryl methyl sites for hydroxylation is 1. The Balaban J connectivity index is 2.07. The Labute approximate surface area is 98.4 Å². The summed E-state index contributed by atoms with van der Waals surface area (Å²) in [6.45, 7) is 1.12. The van der Waals surface area contributed by atoms with E-state index in [9.17, 15) is 0 Å². The first kappa shape index (κ1) is 11.6. The molecule has 2 N–H and O–H groups in total. The van der Waals surface area contributed by atoms with Crippen LogP contribution in [0.15, 0.2) is 18.2 Å². The summed E-state index contributed by atoms with van der Waals surface area (Å²) in [6.07, 6.45) is 4.51. The van der Waals surface area contributed by atoms with Gasteiger partial charge in [0, 0.05) is 12.6 Å². The van der Waals surface area contributed by atoms with Crippen molar-refractivity contribution in [3.63, 3.8) is 0 Å². The van der Waals surface area contributed by atoms with Crippen LogP contribution in [0.3, 0.4) is 0 Å².